The van der Waals surface area contributed by atoms with E-state index in [2.05, 4.69) is 22.1 Å². The summed E-state index contributed by atoms with van der Waals surface area (Å²) in [6.07, 6.45) is 4.10. The minimum Gasteiger partial charge on any atom is -0.457 e. The van der Waals surface area contributed by atoms with Crippen molar-refractivity contribution in [2.45, 2.75) is 38.8 Å². The lowest BCUT2D eigenvalue weighted by molar-refractivity contribution is 0.0217. The lowest BCUT2D eigenvalue weighted by atomic mass is 9.79. The maximum Gasteiger partial charge on any atom is 0.251 e. The fraction of sp³-hybridized carbons (Fsp3) is 0.429. The van der Waals surface area contributed by atoms with Gasteiger partial charge in [-0.15, -0.1) is 0 Å². The number of rotatable bonds is 4. The van der Waals surface area contributed by atoms with Gasteiger partial charge in [0, 0.05) is 35.6 Å². The van der Waals surface area contributed by atoms with E-state index in [1.165, 1.54) is 25.9 Å². The van der Waals surface area contributed by atoms with Crippen molar-refractivity contribution in [2.24, 2.45) is 5.92 Å². The molecule has 0 aliphatic carbocycles. The summed E-state index contributed by atoms with van der Waals surface area (Å²) in [6.45, 7) is 6.48. The average Bonchev–Trinajstić information content (AvgIpc) is 2.65. The number of benzene rings is 1. The Hall–Kier alpha value is -2.40. The van der Waals surface area contributed by atoms with Crippen LogP contribution in [0.15, 0.2) is 42.6 Å². The number of hydrogen-bond donors (Lipinski definition) is 1. The topological polar surface area (TPSA) is 54.5 Å². The van der Waals surface area contributed by atoms with Crippen LogP contribution in [0.1, 0.15) is 35.8 Å². The lowest BCUT2D eigenvalue weighted by Gasteiger charge is -2.49. The van der Waals surface area contributed by atoms with Crippen molar-refractivity contribution in [3.05, 3.63) is 53.9 Å². The molecule has 0 saturated carbocycles. The first-order valence-electron chi connectivity index (χ1n) is 9.35. The zero-order valence-corrected chi connectivity index (χ0v) is 15.3. The van der Waals surface area contributed by atoms with Gasteiger partial charge in [-0.3, -0.25) is 14.7 Å². The molecule has 136 valence electrons. The molecule has 2 unspecified atom stereocenters. The van der Waals surface area contributed by atoms with Crippen LogP contribution in [-0.2, 0) is 0 Å². The Balaban J connectivity index is 1.41. The third-order valence-corrected chi connectivity index (χ3v) is 5.70. The number of hydrogen-bond acceptors (Lipinski definition) is 4. The molecule has 3 aliphatic rings. The minimum absolute atomic E-state index is 0.00176. The van der Waals surface area contributed by atoms with E-state index >= 15 is 0 Å². The van der Waals surface area contributed by atoms with Crippen LogP contribution in [0, 0.1) is 12.8 Å². The number of carbonyl (C=O) groups excluding carboxylic acids is 1. The van der Waals surface area contributed by atoms with Crippen molar-refractivity contribution in [1.82, 2.24) is 15.2 Å². The maximum atomic E-state index is 12.7. The molecule has 2 atom stereocenters. The smallest absolute Gasteiger partial charge is 0.251 e. The van der Waals surface area contributed by atoms with Gasteiger partial charge in [0.25, 0.3) is 5.91 Å². The number of nitrogens with zero attached hydrogens (tertiary/aromatic N) is 2. The van der Waals surface area contributed by atoms with E-state index in [9.17, 15) is 4.79 Å². The number of amides is 1. The van der Waals surface area contributed by atoms with E-state index in [0.717, 1.165) is 11.4 Å². The second kappa shape index (κ2) is 7.08. The van der Waals surface area contributed by atoms with Gasteiger partial charge in [0.1, 0.15) is 11.5 Å². The summed E-state index contributed by atoms with van der Waals surface area (Å²) in [5.74, 6) is 2.07. The normalized spacial score (nSPS) is 27.2. The molecule has 2 bridgehead atoms. The molecule has 5 nitrogen and oxygen atoms in total. The molecule has 0 spiro atoms. The summed E-state index contributed by atoms with van der Waals surface area (Å²) in [5.41, 5.74) is 1.58. The summed E-state index contributed by atoms with van der Waals surface area (Å²) < 4.78 is 5.82. The van der Waals surface area contributed by atoms with E-state index in [-0.39, 0.29) is 11.9 Å². The summed E-state index contributed by atoms with van der Waals surface area (Å²) in [7, 11) is 0. The van der Waals surface area contributed by atoms with E-state index in [1.807, 2.05) is 43.3 Å². The standard InChI is InChI=1S/C21H25N3O2/c1-14-13-19(7-10-22-14)26-18-5-3-17(4-6-18)21(25)23-20-15(2)24-11-8-16(20)9-12-24/h3-7,10,13,15-16,20H,8-9,11-12H2,1-2H3,(H,23,25). The highest BCUT2D eigenvalue weighted by molar-refractivity contribution is 5.94. The van der Waals surface area contributed by atoms with Crippen LogP contribution in [0.3, 0.4) is 0 Å². The number of fused-ring (bicyclic) bond motifs is 3. The first kappa shape index (κ1) is 17.0. The van der Waals surface area contributed by atoms with Gasteiger partial charge >= 0.3 is 0 Å². The molecular formula is C21H25N3O2. The number of aryl methyl sites for hydroxylation is 1. The maximum absolute atomic E-state index is 12.7. The average molecular weight is 351 g/mol. The molecule has 4 heterocycles. The monoisotopic (exact) mass is 351 g/mol. The Morgan fingerprint density at radius 1 is 1.15 bits per heavy atom. The zero-order chi connectivity index (χ0) is 18.1. The first-order chi connectivity index (χ1) is 12.6. The molecule has 3 saturated heterocycles. The van der Waals surface area contributed by atoms with Crippen LogP contribution in [0.2, 0.25) is 0 Å². The van der Waals surface area contributed by atoms with Crippen LogP contribution < -0.4 is 10.1 Å². The van der Waals surface area contributed by atoms with Gasteiger partial charge in [0.05, 0.1) is 0 Å². The van der Waals surface area contributed by atoms with E-state index < -0.39 is 0 Å². The van der Waals surface area contributed by atoms with Gasteiger partial charge in [0.2, 0.25) is 0 Å². The third kappa shape index (κ3) is 3.44. The van der Waals surface area contributed by atoms with Crippen LogP contribution in [0.25, 0.3) is 0 Å². The van der Waals surface area contributed by atoms with Gasteiger partial charge in [-0.25, -0.2) is 0 Å². The first-order valence-corrected chi connectivity index (χ1v) is 9.35. The van der Waals surface area contributed by atoms with Gasteiger partial charge in [-0.2, -0.15) is 0 Å². The van der Waals surface area contributed by atoms with Crippen LogP contribution in [0.4, 0.5) is 0 Å². The van der Waals surface area contributed by atoms with Crippen molar-refractivity contribution in [1.29, 1.82) is 0 Å². The summed E-state index contributed by atoms with van der Waals surface area (Å²) in [4.78, 5) is 19.3. The Labute approximate surface area is 154 Å². The Kier molecular flexibility index (Phi) is 4.64. The van der Waals surface area contributed by atoms with Gasteiger partial charge in [-0.05, 0) is 76.0 Å². The van der Waals surface area contributed by atoms with Crippen molar-refractivity contribution >= 4 is 5.91 Å². The molecule has 3 aliphatic heterocycles. The van der Waals surface area contributed by atoms with Crippen molar-refractivity contribution in [2.75, 3.05) is 13.1 Å². The van der Waals surface area contributed by atoms with E-state index in [1.54, 1.807) is 6.20 Å². The number of carbonyl (C=O) groups is 1. The zero-order valence-electron chi connectivity index (χ0n) is 15.3. The fourth-order valence-corrected chi connectivity index (χ4v) is 4.17. The highest BCUT2D eigenvalue weighted by Crippen LogP contribution is 2.32. The SMILES string of the molecule is Cc1cc(Oc2ccc(C(=O)NC3C4CCN(CC4)C3C)cc2)ccn1. The van der Waals surface area contributed by atoms with E-state index in [4.69, 9.17) is 4.74 Å². The molecule has 5 rings (SSSR count). The largest absolute Gasteiger partial charge is 0.457 e. The minimum atomic E-state index is 0.00176. The Bertz CT molecular complexity index is 780. The highest BCUT2D eigenvalue weighted by Gasteiger charge is 2.40. The Morgan fingerprint density at radius 2 is 1.88 bits per heavy atom. The number of pyridine rings is 1. The number of nitrogens with one attached hydrogen (secondary N) is 1. The summed E-state index contributed by atoms with van der Waals surface area (Å²) in [5, 5.41) is 3.26. The predicted octanol–water partition coefficient (Wildman–Crippen LogP) is 3.39. The van der Waals surface area contributed by atoms with E-state index in [0.29, 0.717) is 23.3 Å². The fourth-order valence-electron chi connectivity index (χ4n) is 4.17. The van der Waals surface area contributed by atoms with Crippen LogP contribution >= 0.6 is 0 Å². The number of ether oxygens (including phenoxy) is 1. The molecule has 26 heavy (non-hydrogen) atoms. The Morgan fingerprint density at radius 3 is 2.54 bits per heavy atom. The lowest BCUT2D eigenvalue weighted by Crippen LogP contribution is -2.62. The second-order valence-electron chi connectivity index (χ2n) is 7.37. The van der Waals surface area contributed by atoms with Crippen molar-refractivity contribution < 1.29 is 9.53 Å². The van der Waals surface area contributed by atoms with Crippen LogP contribution in [0.5, 0.6) is 11.5 Å². The van der Waals surface area contributed by atoms with Gasteiger partial charge < -0.3 is 10.1 Å². The third-order valence-electron chi connectivity index (χ3n) is 5.70. The molecule has 1 aromatic carbocycles. The van der Waals surface area contributed by atoms with Crippen molar-refractivity contribution in [3.63, 3.8) is 0 Å². The van der Waals surface area contributed by atoms with Gasteiger partial charge in [-0.1, -0.05) is 0 Å². The molecule has 1 aromatic heterocycles. The molecular weight excluding hydrogens is 326 g/mol. The highest BCUT2D eigenvalue weighted by atomic mass is 16.5. The molecule has 5 heteroatoms. The number of piperidine rings is 3. The molecule has 0 radical (unpaired) electrons. The molecule has 1 amide bonds. The van der Waals surface area contributed by atoms with Crippen LogP contribution in [-0.4, -0.2) is 41.0 Å². The molecule has 2 aromatic rings. The van der Waals surface area contributed by atoms with Crippen molar-refractivity contribution in [3.8, 4) is 11.5 Å². The summed E-state index contributed by atoms with van der Waals surface area (Å²) in [6, 6.07) is 11.7. The van der Waals surface area contributed by atoms with Gasteiger partial charge in [0.15, 0.2) is 0 Å². The number of aromatic nitrogens is 1. The second-order valence-corrected chi connectivity index (χ2v) is 7.37. The molecule has 3 fully saturated rings. The molecule has 1 N–H and O–H groups in total. The quantitative estimate of drug-likeness (QED) is 0.917. The predicted molar refractivity (Wildman–Crippen MR) is 101 cm³/mol. The summed E-state index contributed by atoms with van der Waals surface area (Å²) >= 11 is 0.